The van der Waals surface area contributed by atoms with Crippen LogP contribution in [-0.4, -0.2) is 18.1 Å². The Hall–Kier alpha value is -2.06. The lowest BCUT2D eigenvalue weighted by molar-refractivity contribution is 0.240. The minimum atomic E-state index is -0.243. The van der Waals surface area contributed by atoms with Gasteiger partial charge in [0.1, 0.15) is 0 Å². The van der Waals surface area contributed by atoms with Crippen molar-refractivity contribution in [3.05, 3.63) is 29.8 Å². The fourth-order valence-corrected chi connectivity index (χ4v) is 2.30. The van der Waals surface area contributed by atoms with E-state index in [1.165, 1.54) is 0 Å². The summed E-state index contributed by atoms with van der Waals surface area (Å²) in [6, 6.07) is 8.63. The third kappa shape index (κ3) is 3.70. The number of nitrogens with zero attached hydrogens (tertiary/aromatic N) is 1. The van der Waals surface area contributed by atoms with Crippen molar-refractivity contribution >= 4 is 11.7 Å². The first-order valence-corrected chi connectivity index (χ1v) is 6.52. The fourth-order valence-electron chi connectivity index (χ4n) is 2.30. The van der Waals surface area contributed by atoms with Crippen molar-refractivity contribution in [2.75, 3.05) is 5.32 Å². The Kier molecular flexibility index (Phi) is 4.37. The lowest BCUT2D eigenvalue weighted by atomic mass is 9.91. The van der Waals surface area contributed by atoms with Crippen LogP contribution < -0.4 is 16.4 Å². The highest BCUT2D eigenvalue weighted by Crippen LogP contribution is 2.17. The molecule has 2 atom stereocenters. The molecule has 5 heteroatoms. The summed E-state index contributed by atoms with van der Waals surface area (Å²) >= 11 is 0. The van der Waals surface area contributed by atoms with E-state index in [1.807, 2.05) is 6.07 Å². The topological polar surface area (TPSA) is 90.9 Å². The number of urea groups is 1. The van der Waals surface area contributed by atoms with Crippen LogP contribution >= 0.6 is 0 Å². The Bertz CT molecular complexity index is 477. The molecule has 1 fully saturated rings. The molecule has 19 heavy (non-hydrogen) atoms. The first-order valence-electron chi connectivity index (χ1n) is 6.52. The minimum Gasteiger partial charge on any atom is -0.334 e. The number of nitriles is 1. The van der Waals surface area contributed by atoms with Crippen LogP contribution in [0.4, 0.5) is 10.5 Å². The van der Waals surface area contributed by atoms with Crippen molar-refractivity contribution in [1.82, 2.24) is 5.32 Å². The second-order valence-electron chi connectivity index (χ2n) is 4.84. The average molecular weight is 258 g/mol. The second-order valence-corrected chi connectivity index (χ2v) is 4.84. The van der Waals surface area contributed by atoms with Gasteiger partial charge < -0.3 is 16.4 Å². The summed E-state index contributed by atoms with van der Waals surface area (Å²) < 4.78 is 0. The molecule has 1 aromatic rings. The monoisotopic (exact) mass is 258 g/mol. The van der Waals surface area contributed by atoms with E-state index in [4.69, 9.17) is 11.0 Å². The molecule has 0 spiro atoms. The van der Waals surface area contributed by atoms with Crippen molar-refractivity contribution in [2.24, 2.45) is 5.73 Å². The number of hydrogen-bond donors (Lipinski definition) is 3. The van der Waals surface area contributed by atoms with E-state index in [-0.39, 0.29) is 18.1 Å². The van der Waals surface area contributed by atoms with E-state index in [0.717, 1.165) is 25.7 Å². The predicted octanol–water partition coefficient (Wildman–Crippen LogP) is 1.95. The number of amides is 2. The quantitative estimate of drug-likeness (QED) is 0.757. The van der Waals surface area contributed by atoms with Gasteiger partial charge in [-0.1, -0.05) is 12.8 Å². The zero-order valence-corrected chi connectivity index (χ0v) is 10.7. The Morgan fingerprint density at radius 3 is 2.58 bits per heavy atom. The second kappa shape index (κ2) is 6.21. The summed E-state index contributed by atoms with van der Waals surface area (Å²) in [5, 5.41) is 14.3. The maximum absolute atomic E-state index is 11.8. The van der Waals surface area contributed by atoms with Gasteiger partial charge in [0.15, 0.2) is 0 Å². The van der Waals surface area contributed by atoms with E-state index in [9.17, 15) is 4.79 Å². The molecule has 0 radical (unpaired) electrons. The van der Waals surface area contributed by atoms with Gasteiger partial charge >= 0.3 is 6.03 Å². The highest BCUT2D eigenvalue weighted by molar-refractivity contribution is 5.89. The van der Waals surface area contributed by atoms with Gasteiger partial charge in [0.05, 0.1) is 11.6 Å². The molecular weight excluding hydrogens is 240 g/mol. The SMILES string of the molecule is N#Cc1ccc(NC(=O)NC2CCCCC2N)cc1. The van der Waals surface area contributed by atoms with Crippen molar-refractivity contribution in [1.29, 1.82) is 5.26 Å². The van der Waals surface area contributed by atoms with E-state index in [1.54, 1.807) is 24.3 Å². The van der Waals surface area contributed by atoms with Gasteiger partial charge in [0.2, 0.25) is 0 Å². The highest BCUT2D eigenvalue weighted by atomic mass is 16.2. The molecule has 2 rings (SSSR count). The Labute approximate surface area is 112 Å². The summed E-state index contributed by atoms with van der Waals surface area (Å²) in [4.78, 5) is 11.8. The van der Waals surface area contributed by atoms with Gasteiger partial charge in [-0.15, -0.1) is 0 Å². The molecule has 1 aliphatic rings. The zero-order chi connectivity index (χ0) is 13.7. The van der Waals surface area contributed by atoms with Crippen LogP contribution in [0.25, 0.3) is 0 Å². The van der Waals surface area contributed by atoms with E-state index < -0.39 is 0 Å². The molecule has 0 saturated heterocycles. The maximum Gasteiger partial charge on any atom is 0.319 e. The highest BCUT2D eigenvalue weighted by Gasteiger charge is 2.23. The molecule has 0 aliphatic heterocycles. The minimum absolute atomic E-state index is 0.0421. The normalized spacial score (nSPS) is 22.3. The average Bonchev–Trinajstić information content (AvgIpc) is 2.42. The van der Waals surface area contributed by atoms with Crippen molar-refractivity contribution in [2.45, 2.75) is 37.8 Å². The van der Waals surface area contributed by atoms with Crippen molar-refractivity contribution < 1.29 is 4.79 Å². The summed E-state index contributed by atoms with van der Waals surface area (Å²) in [6.07, 6.45) is 4.13. The van der Waals surface area contributed by atoms with Gasteiger partial charge in [0.25, 0.3) is 0 Å². The van der Waals surface area contributed by atoms with E-state index in [2.05, 4.69) is 10.6 Å². The molecule has 2 amide bonds. The molecular formula is C14H18N4O. The maximum atomic E-state index is 11.8. The number of anilines is 1. The third-order valence-corrected chi connectivity index (χ3v) is 3.41. The number of nitrogens with one attached hydrogen (secondary N) is 2. The van der Waals surface area contributed by atoms with Gasteiger partial charge in [0, 0.05) is 17.8 Å². The number of carbonyl (C=O) groups excluding carboxylic acids is 1. The summed E-state index contributed by atoms with van der Waals surface area (Å²) in [6.45, 7) is 0. The summed E-state index contributed by atoms with van der Waals surface area (Å²) in [5.41, 5.74) is 7.22. The van der Waals surface area contributed by atoms with Crippen molar-refractivity contribution in [3.8, 4) is 6.07 Å². The molecule has 5 nitrogen and oxygen atoms in total. The van der Waals surface area contributed by atoms with Gasteiger partial charge in [-0.2, -0.15) is 5.26 Å². The van der Waals surface area contributed by atoms with Crippen LogP contribution in [-0.2, 0) is 0 Å². The predicted molar refractivity (Wildman–Crippen MR) is 73.5 cm³/mol. The first-order chi connectivity index (χ1) is 9.19. The summed E-state index contributed by atoms with van der Waals surface area (Å²) in [7, 11) is 0. The zero-order valence-electron chi connectivity index (χ0n) is 10.7. The van der Waals surface area contributed by atoms with Crippen LogP contribution in [0.2, 0.25) is 0 Å². The number of benzene rings is 1. The van der Waals surface area contributed by atoms with Crippen LogP contribution in [0.5, 0.6) is 0 Å². The standard InChI is InChI=1S/C14H18N4O/c15-9-10-5-7-11(8-6-10)17-14(19)18-13-4-2-1-3-12(13)16/h5-8,12-13H,1-4,16H2,(H2,17,18,19). The molecule has 4 N–H and O–H groups in total. The lowest BCUT2D eigenvalue weighted by Crippen LogP contribution is -2.50. The van der Waals surface area contributed by atoms with Gasteiger partial charge in [-0.3, -0.25) is 0 Å². The van der Waals surface area contributed by atoms with Crippen LogP contribution in [0, 0.1) is 11.3 Å². The molecule has 1 saturated carbocycles. The number of hydrogen-bond acceptors (Lipinski definition) is 3. The fraction of sp³-hybridized carbons (Fsp3) is 0.429. The summed E-state index contributed by atoms with van der Waals surface area (Å²) in [5.74, 6) is 0. The molecule has 1 aliphatic carbocycles. The van der Waals surface area contributed by atoms with Gasteiger partial charge in [-0.25, -0.2) is 4.79 Å². The Morgan fingerprint density at radius 1 is 1.26 bits per heavy atom. The smallest absolute Gasteiger partial charge is 0.319 e. The van der Waals surface area contributed by atoms with Crippen LogP contribution in [0.1, 0.15) is 31.2 Å². The molecule has 0 bridgehead atoms. The molecule has 2 unspecified atom stereocenters. The van der Waals surface area contributed by atoms with E-state index in [0.29, 0.717) is 11.3 Å². The molecule has 0 aromatic heterocycles. The third-order valence-electron chi connectivity index (χ3n) is 3.41. The van der Waals surface area contributed by atoms with Crippen LogP contribution in [0.15, 0.2) is 24.3 Å². The largest absolute Gasteiger partial charge is 0.334 e. The lowest BCUT2D eigenvalue weighted by Gasteiger charge is -2.29. The molecule has 0 heterocycles. The number of nitrogens with two attached hydrogens (primary N) is 1. The number of carbonyl (C=O) groups is 1. The molecule has 100 valence electrons. The Morgan fingerprint density at radius 2 is 1.95 bits per heavy atom. The number of rotatable bonds is 2. The Balaban J connectivity index is 1.88. The van der Waals surface area contributed by atoms with Gasteiger partial charge in [-0.05, 0) is 37.1 Å². The first kappa shape index (κ1) is 13.4. The van der Waals surface area contributed by atoms with Crippen molar-refractivity contribution in [3.63, 3.8) is 0 Å². The van der Waals surface area contributed by atoms with E-state index >= 15 is 0 Å². The molecule has 1 aromatic carbocycles. The van der Waals surface area contributed by atoms with Crippen LogP contribution in [0.3, 0.4) is 0 Å².